The second kappa shape index (κ2) is 5.40. The standard InChI is InChI=1S/C14H11F4NO/c15-13-7-11(19)5-4-9(13)8-20-12-3-1-2-10(6-12)14(16,17)18/h1-7H,8,19H2. The molecular formula is C14H11F4NO. The van der Waals surface area contributed by atoms with E-state index in [2.05, 4.69) is 0 Å². The molecule has 0 spiro atoms. The van der Waals surface area contributed by atoms with Gasteiger partial charge >= 0.3 is 6.18 Å². The van der Waals surface area contributed by atoms with E-state index in [-0.39, 0.29) is 23.6 Å². The number of nitrogens with two attached hydrogens (primary N) is 1. The lowest BCUT2D eigenvalue weighted by atomic mass is 10.2. The van der Waals surface area contributed by atoms with Crippen molar-refractivity contribution < 1.29 is 22.3 Å². The van der Waals surface area contributed by atoms with E-state index in [4.69, 9.17) is 10.5 Å². The lowest BCUT2D eigenvalue weighted by Crippen LogP contribution is -2.05. The molecule has 0 aliphatic heterocycles. The Morgan fingerprint density at radius 2 is 1.80 bits per heavy atom. The van der Waals surface area contributed by atoms with Crippen LogP contribution in [-0.4, -0.2) is 0 Å². The number of halogens is 4. The molecule has 0 aliphatic carbocycles. The van der Waals surface area contributed by atoms with E-state index in [1.165, 1.54) is 24.3 Å². The summed E-state index contributed by atoms with van der Waals surface area (Å²) in [5.41, 5.74) is 5.07. The van der Waals surface area contributed by atoms with E-state index in [0.717, 1.165) is 18.2 Å². The lowest BCUT2D eigenvalue weighted by molar-refractivity contribution is -0.137. The summed E-state index contributed by atoms with van der Waals surface area (Å²) in [5.74, 6) is -0.534. The van der Waals surface area contributed by atoms with Crippen LogP contribution >= 0.6 is 0 Å². The van der Waals surface area contributed by atoms with Crippen molar-refractivity contribution in [3.05, 3.63) is 59.4 Å². The summed E-state index contributed by atoms with van der Waals surface area (Å²) < 4.78 is 56.2. The maximum Gasteiger partial charge on any atom is 0.416 e. The number of ether oxygens (including phenoxy) is 1. The van der Waals surface area contributed by atoms with Gasteiger partial charge in [0.25, 0.3) is 0 Å². The van der Waals surface area contributed by atoms with Crippen molar-refractivity contribution in [3.8, 4) is 5.75 Å². The molecule has 106 valence electrons. The molecule has 0 heterocycles. The van der Waals surface area contributed by atoms with Gasteiger partial charge in [-0.3, -0.25) is 0 Å². The molecule has 2 aromatic rings. The van der Waals surface area contributed by atoms with E-state index < -0.39 is 17.6 Å². The molecule has 0 amide bonds. The Morgan fingerprint density at radius 3 is 2.45 bits per heavy atom. The SMILES string of the molecule is Nc1ccc(COc2cccc(C(F)(F)F)c2)c(F)c1. The van der Waals surface area contributed by atoms with Gasteiger partial charge in [-0.1, -0.05) is 12.1 Å². The van der Waals surface area contributed by atoms with Crippen LogP contribution in [0.4, 0.5) is 23.2 Å². The third kappa shape index (κ3) is 3.40. The first kappa shape index (κ1) is 14.2. The zero-order chi connectivity index (χ0) is 14.8. The smallest absolute Gasteiger partial charge is 0.416 e. The Kier molecular flexibility index (Phi) is 3.83. The van der Waals surface area contributed by atoms with Crippen molar-refractivity contribution >= 4 is 5.69 Å². The Bertz CT molecular complexity index is 610. The maximum absolute atomic E-state index is 13.5. The number of rotatable bonds is 3. The van der Waals surface area contributed by atoms with Gasteiger partial charge in [0.2, 0.25) is 0 Å². The molecule has 20 heavy (non-hydrogen) atoms. The average Bonchev–Trinajstić information content (AvgIpc) is 2.37. The molecule has 2 nitrogen and oxygen atoms in total. The van der Waals surface area contributed by atoms with Gasteiger partial charge in [-0.2, -0.15) is 13.2 Å². The highest BCUT2D eigenvalue weighted by Crippen LogP contribution is 2.31. The molecule has 0 bridgehead atoms. The third-order valence-electron chi connectivity index (χ3n) is 2.63. The van der Waals surface area contributed by atoms with Gasteiger partial charge in [-0.05, 0) is 30.3 Å². The Labute approximate surface area is 112 Å². The molecule has 6 heteroatoms. The molecule has 2 aromatic carbocycles. The fourth-order valence-corrected chi connectivity index (χ4v) is 1.60. The van der Waals surface area contributed by atoms with Gasteiger partial charge in [-0.15, -0.1) is 0 Å². The highest BCUT2D eigenvalue weighted by atomic mass is 19.4. The fourth-order valence-electron chi connectivity index (χ4n) is 1.60. The summed E-state index contributed by atoms with van der Waals surface area (Å²) >= 11 is 0. The molecule has 0 fully saturated rings. The van der Waals surface area contributed by atoms with Crippen molar-refractivity contribution in [2.24, 2.45) is 0 Å². The Hall–Kier alpha value is -2.24. The molecule has 2 N–H and O–H groups in total. The highest BCUT2D eigenvalue weighted by molar-refractivity contribution is 5.40. The molecule has 0 unspecified atom stereocenters. The van der Waals surface area contributed by atoms with Gasteiger partial charge in [0.1, 0.15) is 18.2 Å². The predicted molar refractivity (Wildman–Crippen MR) is 66.6 cm³/mol. The third-order valence-corrected chi connectivity index (χ3v) is 2.63. The van der Waals surface area contributed by atoms with Crippen LogP contribution in [0.25, 0.3) is 0 Å². The first-order chi connectivity index (χ1) is 9.36. The maximum atomic E-state index is 13.5. The summed E-state index contributed by atoms with van der Waals surface area (Å²) in [7, 11) is 0. The Morgan fingerprint density at radius 1 is 1.05 bits per heavy atom. The van der Waals surface area contributed by atoms with Gasteiger partial charge in [0.15, 0.2) is 0 Å². The molecule has 0 saturated carbocycles. The van der Waals surface area contributed by atoms with Crippen LogP contribution in [0.1, 0.15) is 11.1 Å². The second-order valence-corrected chi connectivity index (χ2v) is 4.17. The zero-order valence-corrected chi connectivity index (χ0v) is 10.2. The predicted octanol–water partition coefficient (Wildman–Crippen LogP) is 4.01. The van der Waals surface area contributed by atoms with Gasteiger partial charge in [0, 0.05) is 11.3 Å². The van der Waals surface area contributed by atoms with Crippen molar-refractivity contribution in [1.82, 2.24) is 0 Å². The van der Waals surface area contributed by atoms with E-state index in [0.29, 0.717) is 0 Å². The van der Waals surface area contributed by atoms with Crippen LogP contribution < -0.4 is 10.5 Å². The van der Waals surface area contributed by atoms with Gasteiger partial charge < -0.3 is 10.5 Å². The monoisotopic (exact) mass is 285 g/mol. The first-order valence-corrected chi connectivity index (χ1v) is 5.70. The molecule has 0 atom stereocenters. The number of hydrogen-bond donors (Lipinski definition) is 1. The van der Waals surface area contributed by atoms with Crippen molar-refractivity contribution in [2.45, 2.75) is 12.8 Å². The number of nitrogen functional groups attached to an aromatic ring is 1. The van der Waals surface area contributed by atoms with Crippen LogP contribution in [0.2, 0.25) is 0 Å². The van der Waals surface area contributed by atoms with Crippen molar-refractivity contribution in [3.63, 3.8) is 0 Å². The molecule has 0 aromatic heterocycles. The fraction of sp³-hybridized carbons (Fsp3) is 0.143. The summed E-state index contributed by atoms with van der Waals surface area (Å²) in [4.78, 5) is 0. The largest absolute Gasteiger partial charge is 0.489 e. The quantitative estimate of drug-likeness (QED) is 0.683. The van der Waals surface area contributed by atoms with E-state index in [9.17, 15) is 17.6 Å². The van der Waals surface area contributed by atoms with E-state index in [1.54, 1.807) is 0 Å². The average molecular weight is 285 g/mol. The van der Waals surface area contributed by atoms with Crippen LogP contribution in [-0.2, 0) is 12.8 Å². The number of benzene rings is 2. The minimum Gasteiger partial charge on any atom is -0.489 e. The summed E-state index contributed by atoms with van der Waals surface area (Å²) in [6.45, 7) is -0.173. The number of alkyl halides is 3. The number of anilines is 1. The summed E-state index contributed by atoms with van der Waals surface area (Å²) in [6, 6.07) is 8.48. The minimum atomic E-state index is -4.44. The van der Waals surface area contributed by atoms with Crippen molar-refractivity contribution in [2.75, 3.05) is 5.73 Å². The van der Waals surface area contributed by atoms with Crippen LogP contribution in [0.15, 0.2) is 42.5 Å². The summed E-state index contributed by atoms with van der Waals surface area (Å²) in [5, 5.41) is 0. The molecule has 0 radical (unpaired) electrons. The molecule has 2 rings (SSSR count). The minimum absolute atomic E-state index is 0.0241. The summed E-state index contributed by atoms with van der Waals surface area (Å²) in [6.07, 6.45) is -4.44. The van der Waals surface area contributed by atoms with Crippen LogP contribution in [0, 0.1) is 5.82 Å². The second-order valence-electron chi connectivity index (χ2n) is 4.17. The van der Waals surface area contributed by atoms with Crippen LogP contribution in [0.5, 0.6) is 5.75 Å². The topological polar surface area (TPSA) is 35.2 Å². The number of hydrogen-bond acceptors (Lipinski definition) is 2. The zero-order valence-electron chi connectivity index (χ0n) is 10.2. The van der Waals surface area contributed by atoms with E-state index >= 15 is 0 Å². The van der Waals surface area contributed by atoms with E-state index in [1.807, 2.05) is 0 Å². The highest BCUT2D eigenvalue weighted by Gasteiger charge is 2.30. The van der Waals surface area contributed by atoms with Gasteiger partial charge in [-0.25, -0.2) is 4.39 Å². The molecule has 0 saturated heterocycles. The van der Waals surface area contributed by atoms with Crippen LogP contribution in [0.3, 0.4) is 0 Å². The van der Waals surface area contributed by atoms with Gasteiger partial charge in [0.05, 0.1) is 5.56 Å². The van der Waals surface area contributed by atoms with Crippen molar-refractivity contribution in [1.29, 1.82) is 0 Å². The lowest BCUT2D eigenvalue weighted by Gasteiger charge is -2.10. The first-order valence-electron chi connectivity index (χ1n) is 5.70. The Balaban J connectivity index is 2.11. The normalized spacial score (nSPS) is 11.4. The molecular weight excluding hydrogens is 274 g/mol. The molecule has 0 aliphatic rings.